The molecule has 9 heteroatoms. The number of carbonyl (C=O) groups is 1. The molecule has 0 aliphatic heterocycles. The number of pyridine rings is 1. The second kappa shape index (κ2) is 4.63. The van der Waals surface area contributed by atoms with Crippen LogP contribution in [0.1, 0.15) is 22.5 Å². The van der Waals surface area contributed by atoms with Crippen LogP contribution in [0.15, 0.2) is 6.20 Å². The summed E-state index contributed by atoms with van der Waals surface area (Å²) < 4.78 is 24.6. The fourth-order valence-corrected chi connectivity index (χ4v) is 1.88. The lowest BCUT2D eigenvalue weighted by molar-refractivity contribution is -0.387. The van der Waals surface area contributed by atoms with Gasteiger partial charge in [-0.3, -0.25) is 14.9 Å². The Labute approximate surface area is 101 Å². The highest BCUT2D eigenvalue weighted by atomic mass is 127. The summed E-state index contributed by atoms with van der Waals surface area (Å²) in [6, 6.07) is 0. The number of amides is 1. The van der Waals surface area contributed by atoms with Gasteiger partial charge in [-0.2, -0.15) is 0 Å². The minimum atomic E-state index is -3.09. The van der Waals surface area contributed by atoms with E-state index in [9.17, 15) is 23.7 Å². The Morgan fingerprint density at radius 2 is 2.19 bits per heavy atom. The molecule has 0 unspecified atom stereocenters. The normalized spacial score (nSPS) is 10.5. The van der Waals surface area contributed by atoms with E-state index in [1.54, 1.807) is 0 Å². The Bertz CT molecular complexity index is 466. The van der Waals surface area contributed by atoms with Crippen molar-refractivity contribution in [3.05, 3.63) is 31.1 Å². The van der Waals surface area contributed by atoms with E-state index in [0.29, 0.717) is 0 Å². The first-order valence-corrected chi connectivity index (χ1v) is 4.84. The number of nitrogens with zero attached hydrogens (tertiary/aromatic N) is 2. The van der Waals surface area contributed by atoms with E-state index in [0.717, 1.165) is 6.20 Å². The van der Waals surface area contributed by atoms with Crippen molar-refractivity contribution in [2.45, 2.75) is 6.43 Å². The first-order chi connectivity index (χ1) is 7.36. The average Bonchev–Trinajstić information content (AvgIpc) is 2.15. The van der Waals surface area contributed by atoms with Crippen molar-refractivity contribution >= 4 is 34.2 Å². The highest BCUT2D eigenvalue weighted by Gasteiger charge is 2.29. The van der Waals surface area contributed by atoms with Gasteiger partial charge in [0.05, 0.1) is 10.5 Å². The van der Waals surface area contributed by atoms with E-state index in [1.807, 2.05) is 0 Å². The standard InChI is InChI=1S/C7H4F2IN3O3/c8-6(9)4-5(13(15)16)3(10)2(1-12-4)7(11)14/h1,6H,(H2,11,14). The van der Waals surface area contributed by atoms with E-state index in [2.05, 4.69) is 4.98 Å². The van der Waals surface area contributed by atoms with Gasteiger partial charge in [0.15, 0.2) is 5.69 Å². The van der Waals surface area contributed by atoms with Crippen LogP contribution in [0.2, 0.25) is 0 Å². The zero-order valence-electron chi connectivity index (χ0n) is 7.49. The summed E-state index contributed by atoms with van der Waals surface area (Å²) in [6.45, 7) is 0. The highest BCUT2D eigenvalue weighted by Crippen LogP contribution is 2.32. The van der Waals surface area contributed by atoms with Crippen LogP contribution in [-0.4, -0.2) is 15.8 Å². The number of nitro groups is 1. The van der Waals surface area contributed by atoms with Gasteiger partial charge in [0.25, 0.3) is 12.3 Å². The molecule has 6 nitrogen and oxygen atoms in total. The molecule has 0 fully saturated rings. The maximum atomic E-state index is 12.4. The predicted octanol–water partition coefficient (Wildman–Crippen LogP) is 1.63. The molecule has 1 rings (SSSR count). The molecular weight excluding hydrogens is 339 g/mol. The Hall–Kier alpha value is -1.39. The Morgan fingerprint density at radius 1 is 1.62 bits per heavy atom. The molecule has 1 amide bonds. The van der Waals surface area contributed by atoms with Crippen molar-refractivity contribution in [2.24, 2.45) is 5.73 Å². The summed E-state index contributed by atoms with van der Waals surface area (Å²) in [5.74, 6) is -0.958. The molecule has 0 spiro atoms. The van der Waals surface area contributed by atoms with Crippen LogP contribution in [0.4, 0.5) is 14.5 Å². The number of nitrogens with two attached hydrogens (primary N) is 1. The van der Waals surface area contributed by atoms with Crippen LogP contribution in [0, 0.1) is 13.7 Å². The molecule has 0 aliphatic carbocycles. The van der Waals surface area contributed by atoms with Gasteiger partial charge in [0.2, 0.25) is 0 Å². The lowest BCUT2D eigenvalue weighted by Crippen LogP contribution is -2.15. The van der Waals surface area contributed by atoms with Gasteiger partial charge in [-0.25, -0.2) is 13.8 Å². The second-order valence-electron chi connectivity index (χ2n) is 2.64. The number of aromatic nitrogens is 1. The number of rotatable bonds is 3. The zero-order chi connectivity index (χ0) is 12.5. The maximum Gasteiger partial charge on any atom is 0.310 e. The number of hydrogen-bond donors (Lipinski definition) is 1. The number of alkyl halides is 2. The Kier molecular flexibility index (Phi) is 3.67. The monoisotopic (exact) mass is 343 g/mol. The summed E-state index contributed by atoms with van der Waals surface area (Å²) in [4.78, 5) is 23.6. The molecule has 0 aliphatic rings. The quantitative estimate of drug-likeness (QED) is 0.512. The highest BCUT2D eigenvalue weighted by molar-refractivity contribution is 14.1. The van der Waals surface area contributed by atoms with E-state index in [1.165, 1.54) is 22.6 Å². The Balaban J connectivity index is 3.54. The van der Waals surface area contributed by atoms with Crippen LogP contribution in [0.25, 0.3) is 0 Å². The van der Waals surface area contributed by atoms with Crippen LogP contribution in [0.3, 0.4) is 0 Å². The summed E-state index contributed by atoms with van der Waals surface area (Å²) in [5.41, 5.74) is 2.81. The van der Waals surface area contributed by atoms with Gasteiger partial charge >= 0.3 is 5.69 Å². The van der Waals surface area contributed by atoms with Crippen LogP contribution in [-0.2, 0) is 0 Å². The molecule has 0 aromatic carbocycles. The fourth-order valence-electron chi connectivity index (χ4n) is 0.997. The van der Waals surface area contributed by atoms with Crippen molar-refractivity contribution in [3.63, 3.8) is 0 Å². The molecule has 0 atom stereocenters. The lowest BCUT2D eigenvalue weighted by Gasteiger charge is -2.05. The fraction of sp³-hybridized carbons (Fsp3) is 0.143. The van der Waals surface area contributed by atoms with Crippen molar-refractivity contribution in [3.8, 4) is 0 Å². The van der Waals surface area contributed by atoms with Gasteiger partial charge in [0.1, 0.15) is 3.57 Å². The summed E-state index contributed by atoms with van der Waals surface area (Å²) in [5, 5.41) is 10.6. The van der Waals surface area contributed by atoms with Crippen molar-refractivity contribution in [1.29, 1.82) is 0 Å². The molecule has 86 valence electrons. The molecule has 2 N–H and O–H groups in total. The number of halogens is 3. The molecule has 0 saturated carbocycles. The first kappa shape index (κ1) is 12.7. The first-order valence-electron chi connectivity index (χ1n) is 3.77. The molecule has 0 bridgehead atoms. The topological polar surface area (TPSA) is 99.1 Å². The summed E-state index contributed by atoms with van der Waals surface area (Å²) in [7, 11) is 0. The molecule has 16 heavy (non-hydrogen) atoms. The number of hydrogen-bond acceptors (Lipinski definition) is 4. The summed E-state index contributed by atoms with van der Waals surface area (Å²) in [6.07, 6.45) is -2.28. The molecule has 0 saturated heterocycles. The molecule has 1 aromatic heterocycles. The van der Waals surface area contributed by atoms with Crippen molar-refractivity contribution in [1.82, 2.24) is 4.98 Å². The van der Waals surface area contributed by atoms with Gasteiger partial charge in [-0.1, -0.05) is 0 Å². The minimum absolute atomic E-state index is 0.236. The van der Waals surface area contributed by atoms with E-state index in [4.69, 9.17) is 5.73 Å². The average molecular weight is 343 g/mol. The van der Waals surface area contributed by atoms with Gasteiger partial charge in [0, 0.05) is 6.20 Å². The van der Waals surface area contributed by atoms with E-state index >= 15 is 0 Å². The van der Waals surface area contributed by atoms with Gasteiger partial charge in [-0.15, -0.1) is 0 Å². The van der Waals surface area contributed by atoms with Gasteiger partial charge < -0.3 is 5.73 Å². The smallest absolute Gasteiger partial charge is 0.310 e. The van der Waals surface area contributed by atoms with Crippen LogP contribution >= 0.6 is 22.6 Å². The maximum absolute atomic E-state index is 12.4. The lowest BCUT2D eigenvalue weighted by atomic mass is 10.2. The van der Waals surface area contributed by atoms with Crippen molar-refractivity contribution in [2.75, 3.05) is 0 Å². The van der Waals surface area contributed by atoms with Crippen LogP contribution in [0.5, 0.6) is 0 Å². The third-order valence-electron chi connectivity index (χ3n) is 1.67. The van der Waals surface area contributed by atoms with Gasteiger partial charge in [-0.05, 0) is 22.6 Å². The number of carbonyl (C=O) groups excluding carboxylic acids is 1. The van der Waals surface area contributed by atoms with Crippen LogP contribution < -0.4 is 5.73 Å². The molecule has 0 radical (unpaired) electrons. The third-order valence-corrected chi connectivity index (χ3v) is 2.77. The van der Waals surface area contributed by atoms with E-state index in [-0.39, 0.29) is 9.13 Å². The zero-order valence-corrected chi connectivity index (χ0v) is 9.64. The SMILES string of the molecule is NC(=O)c1cnc(C(F)F)c([N+](=O)[O-])c1I. The Morgan fingerprint density at radius 3 is 2.56 bits per heavy atom. The summed E-state index contributed by atoms with van der Waals surface area (Å²) >= 11 is 1.41. The molecule has 1 heterocycles. The largest absolute Gasteiger partial charge is 0.366 e. The number of primary amides is 1. The molecule has 1 aromatic rings. The van der Waals surface area contributed by atoms with Crippen molar-refractivity contribution < 1.29 is 18.5 Å². The minimum Gasteiger partial charge on any atom is -0.366 e. The predicted molar refractivity (Wildman–Crippen MR) is 57.1 cm³/mol. The second-order valence-corrected chi connectivity index (χ2v) is 3.72. The molecular formula is C7H4F2IN3O3. The van der Waals surface area contributed by atoms with E-state index < -0.39 is 28.6 Å². The third kappa shape index (κ3) is 2.23.